The molecule has 0 radical (unpaired) electrons. The number of nitrogens with zero attached hydrogens (tertiary/aromatic N) is 1. The highest BCUT2D eigenvalue weighted by molar-refractivity contribution is 7.89. The van der Waals surface area contributed by atoms with E-state index in [0.717, 1.165) is 25.7 Å². The van der Waals surface area contributed by atoms with Crippen LogP contribution in [0.4, 0.5) is 0 Å². The van der Waals surface area contributed by atoms with Gasteiger partial charge in [-0.25, -0.2) is 13.2 Å². The van der Waals surface area contributed by atoms with Crippen LogP contribution in [-0.4, -0.2) is 38.4 Å². The van der Waals surface area contributed by atoms with Crippen LogP contribution in [0.5, 0.6) is 0 Å². The van der Waals surface area contributed by atoms with Gasteiger partial charge in [0.05, 0.1) is 7.11 Å². The molecule has 1 aromatic heterocycles. The Kier molecular flexibility index (Phi) is 3.79. The zero-order chi connectivity index (χ0) is 15.0. The number of carbonyl (C=O) groups excluding carboxylic acids is 1. The lowest BCUT2D eigenvalue weighted by molar-refractivity contribution is 0.0558. The summed E-state index contributed by atoms with van der Waals surface area (Å²) in [5.41, 5.74) is 0. The molecule has 2 aliphatic rings. The molecule has 7 heteroatoms. The highest BCUT2D eigenvalue weighted by Gasteiger charge is 2.43. The predicted molar refractivity (Wildman–Crippen MR) is 74.3 cm³/mol. The van der Waals surface area contributed by atoms with E-state index < -0.39 is 16.0 Å². The fraction of sp³-hybridized carbons (Fsp3) is 0.643. The van der Waals surface area contributed by atoms with E-state index in [-0.39, 0.29) is 16.9 Å². The van der Waals surface area contributed by atoms with Crippen molar-refractivity contribution in [3.63, 3.8) is 0 Å². The number of methoxy groups -OCH3 is 1. The minimum Gasteiger partial charge on any atom is -0.463 e. The molecule has 0 amide bonds. The number of esters is 1. The molecule has 1 aliphatic heterocycles. The van der Waals surface area contributed by atoms with Gasteiger partial charge in [-0.1, -0.05) is 12.8 Å². The van der Waals surface area contributed by atoms with Gasteiger partial charge in [-0.3, -0.25) is 0 Å². The molecule has 1 aliphatic carbocycles. The summed E-state index contributed by atoms with van der Waals surface area (Å²) in [5.74, 6) is -0.299. The number of sulfonamides is 1. The van der Waals surface area contributed by atoms with Crippen molar-refractivity contribution < 1.29 is 22.4 Å². The second-order valence-electron chi connectivity index (χ2n) is 5.63. The van der Waals surface area contributed by atoms with E-state index in [2.05, 4.69) is 4.74 Å². The summed E-state index contributed by atoms with van der Waals surface area (Å²) < 4.78 is 36.7. The molecule has 2 atom stereocenters. The van der Waals surface area contributed by atoms with Gasteiger partial charge >= 0.3 is 5.97 Å². The van der Waals surface area contributed by atoms with Crippen LogP contribution in [0.2, 0.25) is 0 Å². The largest absolute Gasteiger partial charge is 0.463 e. The summed E-state index contributed by atoms with van der Waals surface area (Å²) in [6, 6.07) is 2.75. The topological polar surface area (TPSA) is 76.8 Å². The molecule has 3 rings (SSSR count). The van der Waals surface area contributed by atoms with Crippen LogP contribution in [-0.2, 0) is 14.8 Å². The quantitative estimate of drug-likeness (QED) is 0.798. The minimum absolute atomic E-state index is 0.0791. The van der Waals surface area contributed by atoms with Gasteiger partial charge in [-0.15, -0.1) is 0 Å². The maximum atomic E-state index is 12.7. The van der Waals surface area contributed by atoms with Gasteiger partial charge in [0.2, 0.25) is 10.9 Å². The van der Waals surface area contributed by atoms with Crippen molar-refractivity contribution in [1.29, 1.82) is 0 Å². The van der Waals surface area contributed by atoms with Crippen LogP contribution in [0.1, 0.15) is 42.7 Å². The second kappa shape index (κ2) is 5.46. The molecule has 21 heavy (non-hydrogen) atoms. The zero-order valence-corrected chi connectivity index (χ0v) is 12.8. The van der Waals surface area contributed by atoms with Gasteiger partial charge in [0, 0.05) is 12.6 Å². The van der Waals surface area contributed by atoms with E-state index in [9.17, 15) is 13.2 Å². The molecule has 2 heterocycles. The molecule has 0 bridgehead atoms. The van der Waals surface area contributed by atoms with Gasteiger partial charge in [-0.2, -0.15) is 4.31 Å². The Morgan fingerprint density at radius 2 is 2.05 bits per heavy atom. The molecule has 0 spiro atoms. The molecule has 0 aromatic carbocycles. The summed E-state index contributed by atoms with van der Waals surface area (Å²) in [5, 5.41) is -0.172. The average molecular weight is 313 g/mol. The molecule has 0 N–H and O–H groups in total. The van der Waals surface area contributed by atoms with Crippen molar-refractivity contribution in [2.75, 3.05) is 13.7 Å². The van der Waals surface area contributed by atoms with Gasteiger partial charge in [-0.05, 0) is 37.3 Å². The van der Waals surface area contributed by atoms with E-state index in [4.69, 9.17) is 4.42 Å². The number of hydrogen-bond acceptors (Lipinski definition) is 5. The molecule has 6 nitrogen and oxygen atoms in total. The SMILES string of the molecule is COC(=O)c1ccc(S(=O)(=O)N2CC[C@@H]3CCCC[C@H]32)o1. The zero-order valence-electron chi connectivity index (χ0n) is 11.9. The third-order valence-corrected chi connectivity index (χ3v) is 6.29. The first-order chi connectivity index (χ1) is 10.0. The number of carbonyl (C=O) groups is 1. The first-order valence-electron chi connectivity index (χ1n) is 7.24. The fourth-order valence-corrected chi connectivity index (χ4v) is 5.09. The maximum absolute atomic E-state index is 12.7. The summed E-state index contributed by atoms with van der Waals surface area (Å²) >= 11 is 0. The summed E-state index contributed by atoms with van der Waals surface area (Å²) in [4.78, 5) is 11.4. The number of rotatable bonds is 3. The van der Waals surface area contributed by atoms with Crippen molar-refractivity contribution in [1.82, 2.24) is 4.31 Å². The van der Waals surface area contributed by atoms with E-state index in [1.165, 1.54) is 25.7 Å². The molecule has 1 aromatic rings. The number of furan rings is 1. The minimum atomic E-state index is -3.67. The van der Waals surface area contributed by atoms with Gasteiger partial charge in [0.1, 0.15) is 0 Å². The highest BCUT2D eigenvalue weighted by Crippen LogP contribution is 2.39. The molecule has 0 unspecified atom stereocenters. The number of fused-ring (bicyclic) bond motifs is 1. The normalized spacial score (nSPS) is 26.5. The standard InChI is InChI=1S/C14H19NO5S/c1-19-14(16)12-6-7-13(20-12)21(17,18)15-9-8-10-4-2-3-5-11(10)15/h6-7,10-11H,2-5,8-9H2,1H3/t10-,11+/m0/s1. The first kappa shape index (κ1) is 14.6. The van der Waals surface area contributed by atoms with Gasteiger partial charge in [0.25, 0.3) is 10.0 Å². The molecular formula is C14H19NO5S. The van der Waals surface area contributed by atoms with Crippen LogP contribution in [0.15, 0.2) is 21.6 Å². The van der Waals surface area contributed by atoms with Crippen molar-refractivity contribution in [3.8, 4) is 0 Å². The van der Waals surface area contributed by atoms with Crippen molar-refractivity contribution in [3.05, 3.63) is 17.9 Å². The van der Waals surface area contributed by atoms with Crippen LogP contribution >= 0.6 is 0 Å². The van der Waals surface area contributed by atoms with Gasteiger partial charge in [0.15, 0.2) is 0 Å². The molecule has 1 saturated carbocycles. The molecule has 1 saturated heterocycles. The Balaban J connectivity index is 1.86. The van der Waals surface area contributed by atoms with Crippen molar-refractivity contribution in [2.45, 2.75) is 43.2 Å². The Morgan fingerprint density at radius 1 is 1.29 bits per heavy atom. The lowest BCUT2D eigenvalue weighted by atomic mass is 9.86. The Morgan fingerprint density at radius 3 is 2.81 bits per heavy atom. The fourth-order valence-electron chi connectivity index (χ4n) is 3.45. The average Bonchev–Trinajstić information content (AvgIpc) is 3.13. The smallest absolute Gasteiger partial charge is 0.374 e. The Hall–Kier alpha value is -1.34. The van der Waals surface area contributed by atoms with Crippen molar-refractivity contribution in [2.24, 2.45) is 5.92 Å². The van der Waals surface area contributed by atoms with E-state index in [0.29, 0.717) is 12.5 Å². The lowest BCUT2D eigenvalue weighted by Crippen LogP contribution is -2.39. The molecular weight excluding hydrogens is 294 g/mol. The van der Waals surface area contributed by atoms with Crippen LogP contribution in [0.3, 0.4) is 0 Å². The number of ether oxygens (including phenoxy) is 1. The maximum Gasteiger partial charge on any atom is 0.374 e. The predicted octanol–water partition coefficient (Wildman–Crippen LogP) is 2.02. The van der Waals surface area contributed by atoms with Crippen molar-refractivity contribution >= 4 is 16.0 Å². The monoisotopic (exact) mass is 313 g/mol. The van der Waals surface area contributed by atoms with Crippen LogP contribution < -0.4 is 0 Å². The van der Waals surface area contributed by atoms with Gasteiger partial charge < -0.3 is 9.15 Å². The van der Waals surface area contributed by atoms with Crippen LogP contribution in [0, 0.1) is 5.92 Å². The molecule has 116 valence electrons. The third kappa shape index (κ3) is 2.48. The van der Waals surface area contributed by atoms with E-state index in [1.807, 2.05) is 0 Å². The Bertz CT molecular complexity index is 636. The summed E-state index contributed by atoms with van der Waals surface area (Å²) in [6.07, 6.45) is 5.17. The van der Waals surface area contributed by atoms with E-state index in [1.54, 1.807) is 4.31 Å². The lowest BCUT2D eigenvalue weighted by Gasteiger charge is -2.30. The molecule has 2 fully saturated rings. The third-order valence-electron chi connectivity index (χ3n) is 4.49. The highest BCUT2D eigenvalue weighted by atomic mass is 32.2. The second-order valence-corrected chi connectivity index (χ2v) is 7.45. The first-order valence-corrected chi connectivity index (χ1v) is 8.68. The van der Waals surface area contributed by atoms with E-state index >= 15 is 0 Å². The summed E-state index contributed by atoms with van der Waals surface area (Å²) in [7, 11) is -2.44. The summed E-state index contributed by atoms with van der Waals surface area (Å²) in [6.45, 7) is 0.534. The van der Waals surface area contributed by atoms with Crippen LogP contribution in [0.25, 0.3) is 0 Å². The number of hydrogen-bond donors (Lipinski definition) is 0. The Labute approximate surface area is 124 Å².